The fraction of sp³-hybridized carbons (Fsp3) is 0.321. The maximum atomic E-state index is 13.6. The summed E-state index contributed by atoms with van der Waals surface area (Å²) < 4.78 is 0.593. The van der Waals surface area contributed by atoms with Crippen molar-refractivity contribution in [3.63, 3.8) is 0 Å². The van der Waals surface area contributed by atoms with Crippen LogP contribution in [-0.2, 0) is 9.59 Å². The van der Waals surface area contributed by atoms with E-state index in [1.807, 2.05) is 50.2 Å². The fourth-order valence-corrected chi connectivity index (χ4v) is 7.70. The van der Waals surface area contributed by atoms with Crippen LogP contribution in [0, 0.1) is 30.6 Å². The Morgan fingerprint density at radius 1 is 1.23 bits per heavy atom. The summed E-state index contributed by atoms with van der Waals surface area (Å²) in [6.07, 6.45) is 1.00. The van der Waals surface area contributed by atoms with E-state index in [2.05, 4.69) is 35.4 Å². The van der Waals surface area contributed by atoms with Gasteiger partial charge < -0.3 is 11.1 Å². The van der Waals surface area contributed by atoms with Gasteiger partial charge in [-0.25, -0.2) is 0 Å². The third-order valence-electron chi connectivity index (χ3n) is 6.64. The maximum absolute atomic E-state index is 13.6. The van der Waals surface area contributed by atoms with E-state index >= 15 is 0 Å². The minimum atomic E-state index is -0.490. The van der Waals surface area contributed by atoms with Crippen molar-refractivity contribution in [1.29, 1.82) is 5.26 Å². The lowest BCUT2D eigenvalue weighted by atomic mass is 9.70. The number of benzene rings is 1. The zero-order valence-electron chi connectivity index (χ0n) is 22.1. The van der Waals surface area contributed by atoms with Crippen molar-refractivity contribution in [3.05, 3.63) is 74.4 Å². The van der Waals surface area contributed by atoms with Crippen molar-refractivity contribution in [1.82, 2.24) is 10.2 Å². The van der Waals surface area contributed by atoms with Gasteiger partial charge in [0.2, 0.25) is 11.0 Å². The Hall–Kier alpha value is -3.46. The predicted molar refractivity (Wildman–Crippen MR) is 157 cm³/mol. The highest BCUT2D eigenvalue weighted by atomic mass is 32.2. The Morgan fingerprint density at radius 2 is 2.03 bits per heavy atom. The standard InChI is InChI=1S/C28H28N6O2S3/c1-15-6-5-7-17(10-15)31-22(36)14-37-27-33-32-26(39-27)34-19-11-28(3,4)12-20(35)24(19)23(18(13-29)25(34)30)21-9-8-16(2)38-21/h5-10,23H,11-12,14,30H2,1-4H3,(H,31,36). The van der Waals surface area contributed by atoms with Crippen LogP contribution in [0.25, 0.3) is 0 Å². The molecule has 0 spiro atoms. The highest BCUT2D eigenvalue weighted by Gasteiger charge is 2.45. The van der Waals surface area contributed by atoms with E-state index in [1.165, 1.54) is 23.1 Å². The van der Waals surface area contributed by atoms with E-state index in [0.29, 0.717) is 33.5 Å². The molecule has 1 amide bonds. The van der Waals surface area contributed by atoms with Crippen LogP contribution in [0.3, 0.4) is 0 Å². The highest BCUT2D eigenvalue weighted by Crippen LogP contribution is 2.51. The lowest BCUT2D eigenvalue weighted by molar-refractivity contribution is -0.118. The number of carbonyl (C=O) groups excluding carboxylic acids is 2. The second kappa shape index (κ2) is 10.6. The van der Waals surface area contributed by atoms with Crippen LogP contribution in [0.5, 0.6) is 0 Å². The number of rotatable bonds is 6. The molecule has 39 heavy (non-hydrogen) atoms. The number of anilines is 2. The number of thiophene rings is 1. The molecule has 0 saturated heterocycles. The van der Waals surface area contributed by atoms with Gasteiger partial charge in [-0.2, -0.15) is 5.26 Å². The first-order chi connectivity index (χ1) is 18.6. The molecule has 11 heteroatoms. The quantitative estimate of drug-likeness (QED) is 0.348. The third kappa shape index (κ3) is 5.50. The molecule has 1 unspecified atom stereocenters. The summed E-state index contributed by atoms with van der Waals surface area (Å²) in [7, 11) is 0. The van der Waals surface area contributed by atoms with Crippen molar-refractivity contribution < 1.29 is 9.59 Å². The molecule has 1 atom stereocenters. The first-order valence-electron chi connectivity index (χ1n) is 12.4. The van der Waals surface area contributed by atoms with Gasteiger partial charge in [0.25, 0.3) is 0 Å². The lowest BCUT2D eigenvalue weighted by Gasteiger charge is -2.42. The SMILES string of the molecule is Cc1cccc(NC(=O)CSc2nnc(N3C(N)=C(C#N)C(c4ccc(C)s4)C4=C3CC(C)(C)CC4=O)s2)c1. The van der Waals surface area contributed by atoms with Crippen molar-refractivity contribution in [2.75, 3.05) is 16.0 Å². The number of amides is 1. The van der Waals surface area contributed by atoms with E-state index < -0.39 is 5.92 Å². The Balaban J connectivity index is 1.45. The molecule has 0 bridgehead atoms. The molecule has 3 aromatic rings. The summed E-state index contributed by atoms with van der Waals surface area (Å²) in [6.45, 7) is 8.10. The van der Waals surface area contributed by atoms with Crippen LogP contribution in [0.4, 0.5) is 10.8 Å². The number of Topliss-reactive ketones (excluding diaryl/α,β-unsaturated/α-hetero) is 1. The topological polar surface area (TPSA) is 125 Å². The number of nitrogens with two attached hydrogens (primary N) is 1. The summed E-state index contributed by atoms with van der Waals surface area (Å²) in [5.41, 5.74) is 9.94. The second-order valence-corrected chi connectivity index (χ2v) is 14.0. The molecule has 0 fully saturated rings. The fourth-order valence-electron chi connectivity index (χ4n) is 5.02. The van der Waals surface area contributed by atoms with Gasteiger partial charge in [-0.1, -0.05) is 49.1 Å². The number of nitrogens with zero attached hydrogens (tertiary/aromatic N) is 4. The Labute approximate surface area is 239 Å². The van der Waals surface area contributed by atoms with Crippen molar-refractivity contribution >= 4 is 56.9 Å². The van der Waals surface area contributed by atoms with Crippen molar-refractivity contribution in [2.24, 2.45) is 11.1 Å². The van der Waals surface area contributed by atoms with E-state index in [1.54, 1.807) is 16.2 Å². The van der Waals surface area contributed by atoms with Crippen LogP contribution in [-0.4, -0.2) is 27.6 Å². The molecule has 3 N–H and O–H groups in total. The molecule has 1 aliphatic heterocycles. The van der Waals surface area contributed by atoms with Crippen molar-refractivity contribution in [2.45, 2.75) is 50.8 Å². The number of hydrogen-bond acceptors (Lipinski definition) is 10. The number of ketones is 1. The molecule has 5 rings (SSSR count). The summed E-state index contributed by atoms with van der Waals surface area (Å²) in [4.78, 5) is 29.9. The summed E-state index contributed by atoms with van der Waals surface area (Å²) in [5.74, 6) is -0.186. The second-order valence-electron chi connectivity index (χ2n) is 10.5. The number of allylic oxidation sites excluding steroid dienone is 3. The maximum Gasteiger partial charge on any atom is 0.234 e. The zero-order chi connectivity index (χ0) is 27.9. The Kier molecular flexibility index (Phi) is 7.37. The van der Waals surface area contributed by atoms with Gasteiger partial charge in [-0.15, -0.1) is 21.5 Å². The zero-order valence-corrected chi connectivity index (χ0v) is 24.5. The molecule has 8 nitrogen and oxygen atoms in total. The van der Waals surface area contributed by atoms with E-state index in [9.17, 15) is 14.9 Å². The van der Waals surface area contributed by atoms with Gasteiger partial charge in [0.05, 0.1) is 23.3 Å². The molecule has 3 heterocycles. The molecular weight excluding hydrogens is 549 g/mol. The molecule has 1 aliphatic carbocycles. The van der Waals surface area contributed by atoms with Crippen LogP contribution in [0.2, 0.25) is 0 Å². The monoisotopic (exact) mass is 576 g/mol. The molecule has 2 aliphatic rings. The molecule has 1 aromatic carbocycles. The molecule has 200 valence electrons. The van der Waals surface area contributed by atoms with Gasteiger partial charge in [0.15, 0.2) is 10.1 Å². The lowest BCUT2D eigenvalue weighted by Crippen LogP contribution is -2.42. The van der Waals surface area contributed by atoms with Gasteiger partial charge in [-0.05, 0) is 55.5 Å². The van der Waals surface area contributed by atoms with Gasteiger partial charge >= 0.3 is 0 Å². The molecular formula is C28H28N6O2S3. The first kappa shape index (κ1) is 27.1. The number of aromatic nitrogens is 2. The minimum Gasteiger partial charge on any atom is -0.384 e. The van der Waals surface area contributed by atoms with Crippen LogP contribution in [0.15, 0.2) is 63.4 Å². The van der Waals surface area contributed by atoms with E-state index in [4.69, 9.17) is 5.73 Å². The summed E-state index contributed by atoms with van der Waals surface area (Å²) >= 11 is 4.13. The third-order valence-corrected chi connectivity index (χ3v) is 9.75. The van der Waals surface area contributed by atoms with Gasteiger partial charge in [0.1, 0.15) is 5.82 Å². The number of nitrogens with one attached hydrogen (secondary N) is 1. The molecule has 0 saturated carbocycles. The van der Waals surface area contributed by atoms with E-state index in [0.717, 1.165) is 26.7 Å². The largest absolute Gasteiger partial charge is 0.384 e. The molecule has 2 aromatic heterocycles. The van der Waals surface area contributed by atoms with E-state index in [-0.39, 0.29) is 28.7 Å². The number of thioether (sulfide) groups is 1. The predicted octanol–water partition coefficient (Wildman–Crippen LogP) is 5.89. The van der Waals surface area contributed by atoms with Gasteiger partial charge in [0, 0.05) is 33.1 Å². The summed E-state index contributed by atoms with van der Waals surface area (Å²) in [6, 6.07) is 13.9. The number of hydrogen-bond donors (Lipinski definition) is 2. The minimum absolute atomic E-state index is 0.0227. The number of nitriles is 1. The van der Waals surface area contributed by atoms with Crippen LogP contribution < -0.4 is 16.0 Å². The number of carbonyl (C=O) groups is 2. The van der Waals surface area contributed by atoms with Crippen molar-refractivity contribution in [3.8, 4) is 6.07 Å². The van der Waals surface area contributed by atoms with Crippen LogP contribution >= 0.6 is 34.4 Å². The number of aryl methyl sites for hydroxylation is 2. The Morgan fingerprint density at radius 3 is 2.72 bits per heavy atom. The molecule has 0 radical (unpaired) electrons. The average Bonchev–Trinajstić information content (AvgIpc) is 3.50. The van der Waals surface area contributed by atoms with Gasteiger partial charge in [-0.3, -0.25) is 14.5 Å². The average molecular weight is 577 g/mol. The smallest absolute Gasteiger partial charge is 0.234 e. The summed E-state index contributed by atoms with van der Waals surface area (Å²) in [5, 5.41) is 22.2. The normalized spacial score (nSPS) is 18.7. The highest BCUT2D eigenvalue weighted by molar-refractivity contribution is 8.01. The van der Waals surface area contributed by atoms with Crippen LogP contribution in [0.1, 0.15) is 47.9 Å². The first-order valence-corrected chi connectivity index (χ1v) is 15.0. The Bertz CT molecular complexity index is 1580.